The lowest BCUT2D eigenvalue weighted by atomic mass is 10.1. The molecule has 0 spiro atoms. The molecule has 7 nitrogen and oxygen atoms in total. The Morgan fingerprint density at radius 2 is 2.00 bits per heavy atom. The second kappa shape index (κ2) is 7.03. The van der Waals surface area contributed by atoms with Crippen LogP contribution in [0, 0.1) is 6.92 Å². The van der Waals surface area contributed by atoms with Crippen LogP contribution in [0.3, 0.4) is 0 Å². The first-order valence-corrected chi connectivity index (χ1v) is 8.74. The number of carbonyl (C=O) groups excluding carboxylic acids is 1. The average molecular weight is 373 g/mol. The van der Waals surface area contributed by atoms with Gasteiger partial charge in [-0.15, -0.1) is 0 Å². The van der Waals surface area contributed by atoms with Gasteiger partial charge in [0.05, 0.1) is 12.0 Å². The molecule has 140 valence electrons. The Balaban J connectivity index is 1.59. The predicted molar refractivity (Wildman–Crippen MR) is 108 cm³/mol. The Morgan fingerprint density at radius 1 is 1.14 bits per heavy atom. The standard InChI is InChI=1S/C21H19N5O2/c1-13-5-3-6-14(11-13)21(27)24-19-9-8-15(20(22)23-19)17-12-16(25-26(17)2)18-7-4-10-28-18/h3-12H,1-2H3,(H3,22,23,24,27). The summed E-state index contributed by atoms with van der Waals surface area (Å²) in [7, 11) is 1.83. The Morgan fingerprint density at radius 3 is 2.71 bits per heavy atom. The number of benzene rings is 1. The number of furan rings is 1. The Bertz CT molecular complexity index is 1150. The molecule has 0 saturated heterocycles. The highest BCUT2D eigenvalue weighted by atomic mass is 16.3. The normalized spacial score (nSPS) is 10.8. The third-order valence-corrected chi connectivity index (χ3v) is 4.38. The molecule has 0 aliphatic carbocycles. The molecular formula is C21H19N5O2. The average Bonchev–Trinajstić information content (AvgIpc) is 3.32. The number of hydrogen-bond donors (Lipinski definition) is 2. The van der Waals surface area contributed by atoms with Crippen molar-refractivity contribution in [2.45, 2.75) is 6.92 Å². The van der Waals surface area contributed by atoms with E-state index >= 15 is 0 Å². The number of nitrogens with one attached hydrogen (secondary N) is 1. The fourth-order valence-electron chi connectivity index (χ4n) is 3.00. The van der Waals surface area contributed by atoms with Gasteiger partial charge in [-0.3, -0.25) is 9.48 Å². The lowest BCUT2D eigenvalue weighted by Gasteiger charge is -2.09. The van der Waals surface area contributed by atoms with Crippen molar-refractivity contribution in [3.8, 4) is 22.7 Å². The van der Waals surface area contributed by atoms with Gasteiger partial charge >= 0.3 is 0 Å². The zero-order valence-corrected chi connectivity index (χ0v) is 15.5. The van der Waals surface area contributed by atoms with Crippen LogP contribution in [0.25, 0.3) is 22.7 Å². The SMILES string of the molecule is Cc1cccc(C(=O)Nc2ccc(-c3cc(-c4ccco4)nn3C)c(N)n2)c1. The molecule has 0 atom stereocenters. The van der Waals surface area contributed by atoms with Crippen molar-refractivity contribution in [2.75, 3.05) is 11.1 Å². The fourth-order valence-corrected chi connectivity index (χ4v) is 3.00. The molecule has 3 N–H and O–H groups in total. The topological polar surface area (TPSA) is 99.0 Å². The van der Waals surface area contributed by atoms with Crippen LogP contribution in [0.15, 0.2) is 65.3 Å². The number of aromatic nitrogens is 3. The first kappa shape index (κ1) is 17.5. The van der Waals surface area contributed by atoms with Gasteiger partial charge < -0.3 is 15.5 Å². The van der Waals surface area contributed by atoms with Gasteiger partial charge in [0.15, 0.2) is 5.76 Å². The van der Waals surface area contributed by atoms with Crippen molar-refractivity contribution in [3.05, 3.63) is 72.0 Å². The van der Waals surface area contributed by atoms with E-state index in [-0.39, 0.29) is 5.91 Å². The minimum atomic E-state index is -0.232. The van der Waals surface area contributed by atoms with Gasteiger partial charge in [0.25, 0.3) is 5.91 Å². The summed E-state index contributed by atoms with van der Waals surface area (Å²) in [6.07, 6.45) is 1.60. The van der Waals surface area contributed by atoms with Crippen LogP contribution in [0.1, 0.15) is 15.9 Å². The maximum atomic E-state index is 12.4. The van der Waals surface area contributed by atoms with Crippen LogP contribution >= 0.6 is 0 Å². The van der Waals surface area contributed by atoms with E-state index in [1.807, 2.05) is 56.4 Å². The predicted octanol–water partition coefficient (Wildman–Crippen LogP) is 3.89. The maximum absolute atomic E-state index is 12.4. The number of nitrogens with two attached hydrogens (primary N) is 1. The zero-order valence-electron chi connectivity index (χ0n) is 15.5. The molecule has 0 unspecified atom stereocenters. The molecular weight excluding hydrogens is 354 g/mol. The van der Waals surface area contributed by atoms with Crippen molar-refractivity contribution in [1.29, 1.82) is 0 Å². The second-order valence-corrected chi connectivity index (χ2v) is 6.47. The Labute approximate surface area is 161 Å². The van der Waals surface area contributed by atoms with E-state index in [0.29, 0.717) is 28.7 Å². The van der Waals surface area contributed by atoms with E-state index in [9.17, 15) is 4.79 Å². The number of carbonyl (C=O) groups is 1. The first-order chi connectivity index (χ1) is 13.5. The van der Waals surface area contributed by atoms with Crippen molar-refractivity contribution in [2.24, 2.45) is 7.05 Å². The summed E-state index contributed by atoms with van der Waals surface area (Å²) in [5.41, 5.74) is 9.97. The van der Waals surface area contributed by atoms with Crippen LogP contribution in [0.5, 0.6) is 0 Å². The van der Waals surface area contributed by atoms with Gasteiger partial charge in [-0.05, 0) is 49.4 Å². The van der Waals surface area contributed by atoms with Gasteiger partial charge in [0.1, 0.15) is 17.3 Å². The largest absolute Gasteiger partial charge is 0.463 e. The molecule has 0 fully saturated rings. The number of hydrogen-bond acceptors (Lipinski definition) is 5. The minimum absolute atomic E-state index is 0.232. The van der Waals surface area contributed by atoms with Crippen LogP contribution < -0.4 is 11.1 Å². The maximum Gasteiger partial charge on any atom is 0.256 e. The highest BCUT2D eigenvalue weighted by molar-refractivity contribution is 6.04. The zero-order chi connectivity index (χ0) is 19.7. The van der Waals surface area contributed by atoms with Crippen LogP contribution in [-0.4, -0.2) is 20.7 Å². The highest BCUT2D eigenvalue weighted by Crippen LogP contribution is 2.29. The van der Waals surface area contributed by atoms with Gasteiger partial charge in [0, 0.05) is 18.2 Å². The summed E-state index contributed by atoms with van der Waals surface area (Å²) in [5.74, 6) is 1.14. The fraction of sp³-hybridized carbons (Fsp3) is 0.0952. The number of anilines is 2. The number of rotatable bonds is 4. The quantitative estimate of drug-likeness (QED) is 0.565. The van der Waals surface area contributed by atoms with Crippen molar-refractivity contribution in [1.82, 2.24) is 14.8 Å². The van der Waals surface area contributed by atoms with Gasteiger partial charge in [-0.1, -0.05) is 17.7 Å². The molecule has 4 rings (SSSR count). The van der Waals surface area contributed by atoms with Crippen molar-refractivity contribution >= 4 is 17.5 Å². The molecule has 0 aliphatic rings. The molecule has 3 aromatic heterocycles. The summed E-state index contributed by atoms with van der Waals surface area (Å²) < 4.78 is 7.12. The van der Waals surface area contributed by atoms with Crippen molar-refractivity contribution < 1.29 is 9.21 Å². The van der Waals surface area contributed by atoms with E-state index in [2.05, 4.69) is 15.4 Å². The molecule has 28 heavy (non-hydrogen) atoms. The number of aryl methyl sites for hydroxylation is 2. The summed E-state index contributed by atoms with van der Waals surface area (Å²) in [4.78, 5) is 16.7. The highest BCUT2D eigenvalue weighted by Gasteiger charge is 2.15. The molecule has 0 radical (unpaired) electrons. The number of pyridine rings is 1. The van der Waals surface area contributed by atoms with Crippen molar-refractivity contribution in [3.63, 3.8) is 0 Å². The molecule has 7 heteroatoms. The van der Waals surface area contributed by atoms with Crippen LogP contribution in [-0.2, 0) is 7.05 Å². The molecule has 0 bridgehead atoms. The molecule has 1 aromatic carbocycles. The smallest absolute Gasteiger partial charge is 0.256 e. The minimum Gasteiger partial charge on any atom is -0.463 e. The molecule has 0 saturated carbocycles. The third-order valence-electron chi connectivity index (χ3n) is 4.38. The second-order valence-electron chi connectivity index (χ2n) is 6.47. The number of amides is 1. The molecule has 4 aromatic rings. The van der Waals surface area contributed by atoms with Crippen LogP contribution in [0.4, 0.5) is 11.6 Å². The van der Waals surface area contributed by atoms with E-state index < -0.39 is 0 Å². The van der Waals surface area contributed by atoms with Gasteiger partial charge in [-0.2, -0.15) is 5.10 Å². The molecule has 0 aliphatic heterocycles. The van der Waals surface area contributed by atoms with Gasteiger partial charge in [-0.25, -0.2) is 4.98 Å². The molecule has 1 amide bonds. The van der Waals surface area contributed by atoms with E-state index in [0.717, 1.165) is 16.8 Å². The van der Waals surface area contributed by atoms with E-state index in [1.165, 1.54) is 0 Å². The summed E-state index contributed by atoms with van der Waals surface area (Å²) in [6.45, 7) is 1.94. The first-order valence-electron chi connectivity index (χ1n) is 8.74. The van der Waals surface area contributed by atoms with E-state index in [1.54, 1.807) is 23.1 Å². The number of nitrogens with zero attached hydrogens (tertiary/aromatic N) is 3. The summed E-state index contributed by atoms with van der Waals surface area (Å²) in [6, 6.07) is 16.4. The lowest BCUT2D eigenvalue weighted by molar-refractivity contribution is 0.102. The van der Waals surface area contributed by atoms with E-state index in [4.69, 9.17) is 10.2 Å². The van der Waals surface area contributed by atoms with Gasteiger partial charge in [0.2, 0.25) is 0 Å². The summed E-state index contributed by atoms with van der Waals surface area (Å²) >= 11 is 0. The summed E-state index contributed by atoms with van der Waals surface area (Å²) in [5, 5.41) is 7.24. The van der Waals surface area contributed by atoms with Crippen LogP contribution in [0.2, 0.25) is 0 Å². The molecule has 3 heterocycles. The Kier molecular flexibility index (Phi) is 4.41. The monoisotopic (exact) mass is 373 g/mol. The lowest BCUT2D eigenvalue weighted by Crippen LogP contribution is -2.13. The Hall–Kier alpha value is -3.87. The number of nitrogen functional groups attached to an aromatic ring is 1. The third kappa shape index (κ3) is 3.37.